The number of H-pyrrole nitrogens is 1. The van der Waals surface area contributed by atoms with Crippen molar-refractivity contribution in [1.29, 1.82) is 0 Å². The normalized spacial score (nSPS) is 22.8. The number of halogens is 3. The van der Waals surface area contributed by atoms with Crippen molar-refractivity contribution >= 4 is 34.6 Å². The predicted molar refractivity (Wildman–Crippen MR) is 117 cm³/mol. The van der Waals surface area contributed by atoms with E-state index in [-0.39, 0.29) is 25.5 Å². The Labute approximate surface area is 188 Å². The molecule has 2 aliphatic heterocycles. The van der Waals surface area contributed by atoms with Crippen LogP contribution in [0.5, 0.6) is 0 Å². The molecule has 3 heterocycles. The molecule has 2 fully saturated rings. The summed E-state index contributed by atoms with van der Waals surface area (Å²) in [6.07, 6.45) is -2.99. The molecule has 7 nitrogen and oxygen atoms in total. The van der Waals surface area contributed by atoms with Crippen LogP contribution < -0.4 is 5.69 Å². The molecule has 1 aromatic heterocycles. The van der Waals surface area contributed by atoms with Gasteiger partial charge in [0.1, 0.15) is 6.54 Å². The zero-order chi connectivity index (χ0) is 23.0. The number of hydrogen-bond acceptors (Lipinski definition) is 4. The molecule has 4 rings (SSSR count). The number of piperidine rings is 1. The van der Waals surface area contributed by atoms with Crippen LogP contribution in [0.1, 0.15) is 40.1 Å². The lowest BCUT2D eigenvalue weighted by Crippen LogP contribution is -2.43. The molecule has 0 radical (unpaired) electrons. The van der Waals surface area contributed by atoms with Gasteiger partial charge < -0.3 is 14.8 Å². The maximum atomic E-state index is 12.8. The van der Waals surface area contributed by atoms with E-state index < -0.39 is 29.3 Å². The highest BCUT2D eigenvalue weighted by atomic mass is 32.2. The van der Waals surface area contributed by atoms with Crippen molar-refractivity contribution in [2.24, 2.45) is 0 Å². The predicted octanol–water partition coefficient (Wildman–Crippen LogP) is 3.37. The molecule has 1 aromatic carbocycles. The fourth-order valence-corrected chi connectivity index (χ4v) is 5.96. The molecule has 2 aliphatic rings. The first-order chi connectivity index (χ1) is 15.2. The maximum absolute atomic E-state index is 12.8. The number of benzene rings is 1. The van der Waals surface area contributed by atoms with Crippen LogP contribution >= 0.6 is 11.8 Å². The summed E-state index contributed by atoms with van der Waals surface area (Å²) in [4.78, 5) is 43.1. The van der Waals surface area contributed by atoms with Crippen LogP contribution in [0.15, 0.2) is 29.1 Å². The van der Waals surface area contributed by atoms with Gasteiger partial charge in [0, 0.05) is 27.0 Å². The zero-order valence-electron chi connectivity index (χ0n) is 17.6. The fourth-order valence-electron chi connectivity index (χ4n) is 4.57. The molecule has 0 bridgehead atoms. The third-order valence-corrected chi connectivity index (χ3v) is 7.69. The maximum Gasteiger partial charge on any atom is 0.406 e. The second-order valence-corrected chi connectivity index (χ2v) is 9.59. The zero-order valence-corrected chi connectivity index (χ0v) is 18.4. The molecule has 11 heteroatoms. The number of rotatable bonds is 5. The fraction of sp³-hybridized carbons (Fsp3) is 0.571. The number of imidazole rings is 1. The number of fused-ring (bicyclic) bond motifs is 1. The van der Waals surface area contributed by atoms with Gasteiger partial charge in [-0.25, -0.2) is 4.79 Å². The summed E-state index contributed by atoms with van der Waals surface area (Å²) in [5.41, 5.74) is 1.41. The molecule has 2 saturated heterocycles. The van der Waals surface area contributed by atoms with Gasteiger partial charge in [-0.3, -0.25) is 14.2 Å². The first-order valence-corrected chi connectivity index (χ1v) is 11.6. The van der Waals surface area contributed by atoms with Crippen LogP contribution in [0.25, 0.3) is 11.0 Å². The second-order valence-electron chi connectivity index (χ2n) is 8.20. The molecule has 0 saturated carbocycles. The molecular weight excluding hydrogens is 445 g/mol. The van der Waals surface area contributed by atoms with E-state index in [1.807, 2.05) is 24.3 Å². The van der Waals surface area contributed by atoms with E-state index in [0.29, 0.717) is 32.4 Å². The van der Waals surface area contributed by atoms with Crippen molar-refractivity contribution in [3.8, 4) is 0 Å². The number of aromatic amines is 1. The van der Waals surface area contributed by atoms with Gasteiger partial charge in [0.2, 0.25) is 11.8 Å². The third-order valence-electron chi connectivity index (χ3n) is 6.09. The van der Waals surface area contributed by atoms with E-state index in [2.05, 4.69) is 4.98 Å². The SMILES string of the molecule is CCC1SC(CC(=O)N2CCC(n3c(=O)[nH]c4ccccc43)CC2)C(=O)N1CC(F)(F)F.[HH]. The number of nitrogens with one attached hydrogen (secondary N) is 1. The number of alkyl halides is 3. The molecule has 1 N–H and O–H groups in total. The summed E-state index contributed by atoms with van der Waals surface area (Å²) < 4.78 is 40.3. The number of likely N-dealkylation sites (tertiary alicyclic amines) is 1. The number of nitrogens with zero attached hydrogens (tertiary/aromatic N) is 3. The number of carbonyl (C=O) groups excluding carboxylic acids is 2. The lowest BCUT2D eigenvalue weighted by molar-refractivity contribution is -0.161. The summed E-state index contributed by atoms with van der Waals surface area (Å²) in [7, 11) is 0. The number of thioether (sulfide) groups is 1. The number of para-hydroxylation sites is 2. The monoisotopic (exact) mass is 472 g/mol. The van der Waals surface area contributed by atoms with Crippen LogP contribution in [0.4, 0.5) is 13.2 Å². The summed E-state index contributed by atoms with van der Waals surface area (Å²) >= 11 is 1.14. The Morgan fingerprint density at radius 2 is 1.91 bits per heavy atom. The first-order valence-electron chi connectivity index (χ1n) is 10.7. The van der Waals surface area contributed by atoms with Gasteiger partial charge in [-0.15, -0.1) is 11.8 Å². The quantitative estimate of drug-likeness (QED) is 0.724. The van der Waals surface area contributed by atoms with E-state index >= 15 is 0 Å². The van der Waals surface area contributed by atoms with Crippen molar-refractivity contribution in [1.82, 2.24) is 19.4 Å². The lowest BCUT2D eigenvalue weighted by Gasteiger charge is -2.33. The van der Waals surface area contributed by atoms with Crippen LogP contribution in [0.2, 0.25) is 0 Å². The van der Waals surface area contributed by atoms with E-state index in [9.17, 15) is 27.6 Å². The standard InChI is InChI=1S/C21H25F3N4O3S.H2/c1-2-18-27(12-21(22,23)24)19(30)16(32-18)11-17(29)26-9-7-13(8-10-26)28-15-6-4-3-5-14(15)25-20(28)31;/h3-6,13,16,18H,2,7-12H2,1H3,(H,25,31);1H. The average Bonchev–Trinajstić information content (AvgIpc) is 3.23. The Kier molecular flexibility index (Phi) is 6.28. The van der Waals surface area contributed by atoms with Gasteiger partial charge >= 0.3 is 11.9 Å². The third kappa shape index (κ3) is 4.53. The Balaban J connectivity index is 0.00000306. The van der Waals surface area contributed by atoms with Crippen LogP contribution in [-0.2, 0) is 9.59 Å². The minimum Gasteiger partial charge on any atom is -0.342 e. The lowest BCUT2D eigenvalue weighted by atomic mass is 10.0. The number of amides is 2. The number of hydrogen-bond donors (Lipinski definition) is 1. The summed E-state index contributed by atoms with van der Waals surface area (Å²) in [6, 6.07) is 7.40. The van der Waals surface area contributed by atoms with Crippen molar-refractivity contribution in [2.75, 3.05) is 19.6 Å². The highest BCUT2D eigenvalue weighted by Crippen LogP contribution is 2.37. The van der Waals surface area contributed by atoms with Gasteiger partial charge in [0.15, 0.2) is 0 Å². The van der Waals surface area contributed by atoms with E-state index in [4.69, 9.17) is 0 Å². The van der Waals surface area contributed by atoms with Crippen molar-refractivity contribution in [3.63, 3.8) is 0 Å². The molecule has 0 spiro atoms. The minimum atomic E-state index is -4.47. The molecule has 2 aromatic rings. The largest absolute Gasteiger partial charge is 0.406 e. The number of aromatic nitrogens is 2. The van der Waals surface area contributed by atoms with Gasteiger partial charge in [0.25, 0.3) is 0 Å². The summed E-state index contributed by atoms with van der Waals surface area (Å²) in [5.74, 6) is -0.850. The molecular formula is C21H27F3N4O3S. The Bertz CT molecular complexity index is 1060. The van der Waals surface area contributed by atoms with Crippen LogP contribution in [0.3, 0.4) is 0 Å². The molecule has 32 heavy (non-hydrogen) atoms. The topological polar surface area (TPSA) is 78.4 Å². The van der Waals surface area contributed by atoms with Crippen LogP contribution in [-0.4, -0.2) is 67.6 Å². The smallest absolute Gasteiger partial charge is 0.342 e. The van der Waals surface area contributed by atoms with E-state index in [0.717, 1.165) is 27.7 Å². The van der Waals surface area contributed by atoms with E-state index in [1.165, 1.54) is 0 Å². The summed E-state index contributed by atoms with van der Waals surface area (Å²) in [6.45, 7) is 1.32. The van der Waals surface area contributed by atoms with Crippen molar-refractivity contribution in [2.45, 2.75) is 55.4 Å². The average molecular weight is 473 g/mol. The molecule has 0 aliphatic carbocycles. The second kappa shape index (κ2) is 8.84. The van der Waals surface area contributed by atoms with Crippen LogP contribution in [0, 0.1) is 0 Å². The van der Waals surface area contributed by atoms with Gasteiger partial charge in [-0.05, 0) is 31.4 Å². The number of carbonyl (C=O) groups is 2. The first kappa shape index (κ1) is 22.8. The molecule has 2 amide bonds. The Morgan fingerprint density at radius 1 is 1.22 bits per heavy atom. The van der Waals surface area contributed by atoms with E-state index in [1.54, 1.807) is 16.4 Å². The van der Waals surface area contributed by atoms with Gasteiger partial charge in [-0.2, -0.15) is 13.2 Å². The van der Waals surface area contributed by atoms with Gasteiger partial charge in [-0.1, -0.05) is 19.1 Å². The van der Waals surface area contributed by atoms with Gasteiger partial charge in [0.05, 0.1) is 21.7 Å². The van der Waals surface area contributed by atoms with Crippen molar-refractivity contribution in [3.05, 3.63) is 34.7 Å². The molecule has 2 unspecified atom stereocenters. The Morgan fingerprint density at radius 3 is 2.56 bits per heavy atom. The highest BCUT2D eigenvalue weighted by Gasteiger charge is 2.45. The minimum absolute atomic E-state index is 0. The molecule has 176 valence electrons. The van der Waals surface area contributed by atoms with Crippen molar-refractivity contribution < 1.29 is 24.2 Å². The molecule has 2 atom stereocenters. The Hall–Kier alpha value is -2.43. The highest BCUT2D eigenvalue weighted by molar-refractivity contribution is 8.01. The summed E-state index contributed by atoms with van der Waals surface area (Å²) in [5, 5.41) is -1.36.